The third kappa shape index (κ3) is 3.42. The summed E-state index contributed by atoms with van der Waals surface area (Å²) in [6.45, 7) is 6.56. The first kappa shape index (κ1) is 18.3. The number of hydrogen-bond donors (Lipinski definition) is 1. The molecule has 3 rings (SSSR count). The number of nitrogens with two attached hydrogens (primary N) is 1. The van der Waals surface area contributed by atoms with E-state index in [1.807, 2.05) is 12.3 Å². The molecule has 0 spiro atoms. The summed E-state index contributed by atoms with van der Waals surface area (Å²) >= 11 is 1.50. The molecule has 136 valence electrons. The molecule has 0 radical (unpaired) electrons. The number of carbonyl (C=O) groups excluding carboxylic acids is 1. The van der Waals surface area contributed by atoms with E-state index in [4.69, 9.17) is 10.7 Å². The monoisotopic (exact) mass is 369 g/mol. The van der Waals surface area contributed by atoms with E-state index in [0.717, 1.165) is 27.3 Å². The van der Waals surface area contributed by atoms with Crippen molar-refractivity contribution in [2.75, 3.05) is 0 Å². The number of fused-ring (bicyclic) bond motifs is 1. The number of carbonyl (C=O) groups is 1. The van der Waals surface area contributed by atoms with Crippen LogP contribution in [0.4, 0.5) is 0 Å². The van der Waals surface area contributed by atoms with Crippen molar-refractivity contribution in [3.05, 3.63) is 50.9 Å². The van der Waals surface area contributed by atoms with Crippen molar-refractivity contribution in [2.45, 2.75) is 46.6 Å². The number of amides is 1. The zero-order valence-electron chi connectivity index (χ0n) is 15.3. The van der Waals surface area contributed by atoms with Gasteiger partial charge in [-0.3, -0.25) is 14.2 Å². The van der Waals surface area contributed by atoms with Crippen molar-refractivity contribution >= 4 is 27.5 Å². The predicted octanol–water partition coefficient (Wildman–Crippen LogP) is 3.57. The van der Waals surface area contributed by atoms with E-state index in [-0.39, 0.29) is 17.9 Å². The minimum absolute atomic E-state index is 0.0347. The van der Waals surface area contributed by atoms with E-state index >= 15 is 0 Å². The minimum Gasteiger partial charge on any atom is -0.370 e. The fourth-order valence-electron chi connectivity index (χ4n) is 3.29. The highest BCUT2D eigenvalue weighted by molar-refractivity contribution is 7.17. The second-order valence-electron chi connectivity index (χ2n) is 6.56. The average molecular weight is 369 g/mol. The molecular weight excluding hydrogens is 346 g/mol. The maximum atomic E-state index is 13.2. The Hall–Kier alpha value is -2.47. The van der Waals surface area contributed by atoms with Gasteiger partial charge in [0.2, 0.25) is 5.91 Å². The molecule has 0 saturated heterocycles. The van der Waals surface area contributed by atoms with Gasteiger partial charge >= 0.3 is 0 Å². The molecule has 0 saturated carbocycles. The number of primary amides is 1. The summed E-state index contributed by atoms with van der Waals surface area (Å²) in [6.07, 6.45) is 1.47. The standard InChI is InChI=1S/C20H23N3O2S/c1-4-17-22-19-18(20(25)23(17)9-5-6-16(21)24)15(11-26-19)14-8-7-12(2)10-13(14)3/h7-8,10-11H,4-6,9H2,1-3H3,(H2,21,24). The number of thiophene rings is 1. The molecule has 2 aromatic heterocycles. The van der Waals surface area contributed by atoms with Gasteiger partial charge in [0.1, 0.15) is 10.7 Å². The van der Waals surface area contributed by atoms with Gasteiger partial charge in [-0.2, -0.15) is 0 Å². The van der Waals surface area contributed by atoms with E-state index in [1.54, 1.807) is 4.57 Å². The van der Waals surface area contributed by atoms with Crippen molar-refractivity contribution in [3.8, 4) is 11.1 Å². The van der Waals surface area contributed by atoms with Crippen molar-refractivity contribution in [1.29, 1.82) is 0 Å². The second kappa shape index (κ2) is 7.41. The van der Waals surface area contributed by atoms with Gasteiger partial charge in [0.25, 0.3) is 5.56 Å². The Morgan fingerprint density at radius 2 is 2.04 bits per heavy atom. The first-order chi connectivity index (χ1) is 12.4. The summed E-state index contributed by atoms with van der Waals surface area (Å²) in [5.74, 6) is 0.401. The molecule has 0 aliphatic heterocycles. The first-order valence-corrected chi connectivity index (χ1v) is 9.67. The molecule has 0 fully saturated rings. The highest BCUT2D eigenvalue weighted by Gasteiger charge is 2.17. The lowest BCUT2D eigenvalue weighted by Crippen LogP contribution is -2.25. The van der Waals surface area contributed by atoms with Crippen molar-refractivity contribution in [2.24, 2.45) is 5.73 Å². The van der Waals surface area contributed by atoms with Gasteiger partial charge < -0.3 is 5.73 Å². The quantitative estimate of drug-likeness (QED) is 0.721. The molecule has 6 heteroatoms. The lowest BCUT2D eigenvalue weighted by Gasteiger charge is -2.12. The van der Waals surface area contributed by atoms with Gasteiger partial charge in [0.05, 0.1) is 5.39 Å². The Bertz CT molecular complexity index is 1030. The Balaban J connectivity index is 2.16. The van der Waals surface area contributed by atoms with Gasteiger partial charge in [-0.25, -0.2) is 4.98 Å². The Morgan fingerprint density at radius 3 is 2.69 bits per heavy atom. The van der Waals surface area contributed by atoms with Crippen LogP contribution in [0.25, 0.3) is 21.3 Å². The molecule has 0 aliphatic carbocycles. The molecule has 0 aliphatic rings. The molecule has 1 amide bonds. The molecule has 0 unspecified atom stereocenters. The highest BCUT2D eigenvalue weighted by Crippen LogP contribution is 2.33. The zero-order chi connectivity index (χ0) is 18.8. The molecule has 26 heavy (non-hydrogen) atoms. The molecule has 1 aromatic carbocycles. The lowest BCUT2D eigenvalue weighted by molar-refractivity contribution is -0.118. The van der Waals surface area contributed by atoms with Crippen molar-refractivity contribution in [1.82, 2.24) is 9.55 Å². The van der Waals surface area contributed by atoms with Crippen LogP contribution in [0.5, 0.6) is 0 Å². The number of nitrogens with zero attached hydrogens (tertiary/aromatic N) is 2. The summed E-state index contributed by atoms with van der Waals surface area (Å²) in [7, 11) is 0. The molecule has 2 N–H and O–H groups in total. The highest BCUT2D eigenvalue weighted by atomic mass is 32.1. The third-order valence-electron chi connectivity index (χ3n) is 4.57. The van der Waals surface area contributed by atoms with Crippen LogP contribution in [-0.4, -0.2) is 15.5 Å². The predicted molar refractivity (Wildman–Crippen MR) is 107 cm³/mol. The number of hydrogen-bond acceptors (Lipinski definition) is 4. The normalized spacial score (nSPS) is 11.2. The second-order valence-corrected chi connectivity index (χ2v) is 7.41. The van der Waals surface area contributed by atoms with Crippen LogP contribution >= 0.6 is 11.3 Å². The topological polar surface area (TPSA) is 78.0 Å². The van der Waals surface area contributed by atoms with Crippen molar-refractivity contribution in [3.63, 3.8) is 0 Å². The van der Waals surface area contributed by atoms with Crippen LogP contribution in [0.15, 0.2) is 28.4 Å². The smallest absolute Gasteiger partial charge is 0.262 e. The van der Waals surface area contributed by atoms with Crippen LogP contribution in [0.1, 0.15) is 36.7 Å². The summed E-state index contributed by atoms with van der Waals surface area (Å²) < 4.78 is 1.70. The molecule has 5 nitrogen and oxygen atoms in total. The zero-order valence-corrected chi connectivity index (χ0v) is 16.2. The Kier molecular flexibility index (Phi) is 5.23. The van der Waals surface area contributed by atoms with Crippen LogP contribution < -0.4 is 11.3 Å². The van der Waals surface area contributed by atoms with Crippen LogP contribution in [0.3, 0.4) is 0 Å². The van der Waals surface area contributed by atoms with Gasteiger partial charge in [-0.15, -0.1) is 11.3 Å². The number of rotatable bonds is 6. The molecule has 0 bridgehead atoms. The Morgan fingerprint density at radius 1 is 1.27 bits per heavy atom. The molecular formula is C20H23N3O2S. The number of benzene rings is 1. The van der Waals surface area contributed by atoms with Crippen LogP contribution in [0.2, 0.25) is 0 Å². The third-order valence-corrected chi connectivity index (χ3v) is 5.44. The maximum Gasteiger partial charge on any atom is 0.262 e. The summed E-state index contributed by atoms with van der Waals surface area (Å²) in [6, 6.07) is 6.25. The SMILES string of the molecule is CCc1nc2scc(-c3ccc(C)cc3C)c2c(=O)n1CCCC(N)=O. The molecule has 0 atom stereocenters. The van der Waals surface area contributed by atoms with E-state index < -0.39 is 0 Å². The average Bonchev–Trinajstić information content (AvgIpc) is 3.00. The van der Waals surface area contributed by atoms with Crippen LogP contribution in [-0.2, 0) is 17.8 Å². The number of aryl methyl sites for hydroxylation is 3. The van der Waals surface area contributed by atoms with Crippen LogP contribution in [0, 0.1) is 13.8 Å². The fraction of sp³-hybridized carbons (Fsp3) is 0.350. The van der Waals surface area contributed by atoms with Gasteiger partial charge in [-0.1, -0.05) is 30.7 Å². The van der Waals surface area contributed by atoms with Crippen molar-refractivity contribution < 1.29 is 4.79 Å². The van der Waals surface area contributed by atoms with Gasteiger partial charge in [0.15, 0.2) is 0 Å². The van der Waals surface area contributed by atoms with Gasteiger partial charge in [-0.05, 0) is 31.4 Å². The van der Waals surface area contributed by atoms with Gasteiger partial charge in [0, 0.05) is 30.3 Å². The van der Waals surface area contributed by atoms with E-state index in [2.05, 4.69) is 32.0 Å². The molecule has 3 aromatic rings. The maximum absolute atomic E-state index is 13.2. The summed E-state index contributed by atoms with van der Waals surface area (Å²) in [4.78, 5) is 29.7. The van der Waals surface area contributed by atoms with E-state index in [0.29, 0.717) is 24.8 Å². The Labute approximate surface area is 156 Å². The number of aromatic nitrogens is 2. The van der Waals surface area contributed by atoms with E-state index in [1.165, 1.54) is 16.9 Å². The summed E-state index contributed by atoms with van der Waals surface area (Å²) in [5, 5.41) is 2.68. The van der Waals surface area contributed by atoms with E-state index in [9.17, 15) is 9.59 Å². The summed E-state index contributed by atoms with van der Waals surface area (Å²) in [5.41, 5.74) is 9.53. The molecule has 2 heterocycles. The first-order valence-electron chi connectivity index (χ1n) is 8.79. The fourth-order valence-corrected chi connectivity index (χ4v) is 4.24. The largest absolute Gasteiger partial charge is 0.370 e. The minimum atomic E-state index is -0.350. The lowest BCUT2D eigenvalue weighted by atomic mass is 9.99.